The molecule has 0 aromatic carbocycles. The number of nitrogens with one attached hydrogen (secondary N) is 1. The van der Waals surface area contributed by atoms with Gasteiger partial charge < -0.3 is 10.1 Å². The van der Waals surface area contributed by atoms with E-state index in [4.69, 9.17) is 21.6 Å². The summed E-state index contributed by atoms with van der Waals surface area (Å²) in [4.78, 5) is 15.2. The van der Waals surface area contributed by atoms with Crippen LogP contribution in [0.4, 0.5) is 4.79 Å². The second kappa shape index (κ2) is 7.52. The van der Waals surface area contributed by atoms with Crippen LogP contribution in [-0.4, -0.2) is 23.2 Å². The second-order valence-corrected chi connectivity index (χ2v) is 5.51. The minimum absolute atomic E-state index is 0.162. The first-order valence-electron chi connectivity index (χ1n) is 6.33. The number of carbonyl (C=O) groups is 1. The van der Waals surface area contributed by atoms with Gasteiger partial charge in [-0.25, -0.2) is 9.78 Å². The molecule has 0 fully saturated rings. The molecule has 0 unspecified atom stereocenters. The number of hydrogen-bond donors (Lipinski definition) is 1. The van der Waals surface area contributed by atoms with Crippen molar-refractivity contribution in [3.8, 4) is 17.9 Å². The van der Waals surface area contributed by atoms with E-state index < -0.39 is 11.7 Å². The van der Waals surface area contributed by atoms with Gasteiger partial charge in [0, 0.05) is 24.7 Å². The van der Waals surface area contributed by atoms with Crippen molar-refractivity contribution >= 4 is 17.7 Å². The average molecular weight is 306 g/mol. The zero-order valence-electron chi connectivity index (χ0n) is 12.2. The SMILES string of the molecule is CC(C)(C)OC(=O)NCCC#Cc1cnc(Cl)c(C#N)c1. The van der Waals surface area contributed by atoms with E-state index in [0.717, 1.165) is 0 Å². The number of rotatable bonds is 2. The maximum absolute atomic E-state index is 11.4. The van der Waals surface area contributed by atoms with E-state index >= 15 is 0 Å². The molecule has 21 heavy (non-hydrogen) atoms. The molecule has 0 saturated carbocycles. The summed E-state index contributed by atoms with van der Waals surface area (Å²) >= 11 is 5.72. The minimum atomic E-state index is -0.515. The van der Waals surface area contributed by atoms with E-state index in [2.05, 4.69) is 22.1 Å². The number of aromatic nitrogens is 1. The first kappa shape index (κ1) is 16.8. The van der Waals surface area contributed by atoms with Gasteiger partial charge >= 0.3 is 6.09 Å². The van der Waals surface area contributed by atoms with E-state index in [-0.39, 0.29) is 10.7 Å². The predicted molar refractivity (Wildman–Crippen MR) is 79.7 cm³/mol. The zero-order chi connectivity index (χ0) is 15.9. The summed E-state index contributed by atoms with van der Waals surface area (Å²) in [7, 11) is 0. The lowest BCUT2D eigenvalue weighted by Gasteiger charge is -2.19. The van der Waals surface area contributed by atoms with E-state index in [1.807, 2.05) is 6.07 Å². The van der Waals surface area contributed by atoms with Gasteiger partial charge in [-0.2, -0.15) is 5.26 Å². The number of carbonyl (C=O) groups excluding carboxylic acids is 1. The molecule has 1 N–H and O–H groups in total. The monoisotopic (exact) mass is 305 g/mol. The van der Waals surface area contributed by atoms with E-state index in [9.17, 15) is 4.79 Å². The van der Waals surface area contributed by atoms with Gasteiger partial charge in [-0.15, -0.1) is 0 Å². The van der Waals surface area contributed by atoms with Crippen LogP contribution in [0, 0.1) is 23.2 Å². The molecule has 1 aromatic rings. The lowest BCUT2D eigenvalue weighted by atomic mass is 10.2. The highest BCUT2D eigenvalue weighted by molar-refractivity contribution is 6.30. The molecule has 1 heterocycles. The summed E-state index contributed by atoms with van der Waals surface area (Å²) in [6.45, 7) is 5.78. The summed E-state index contributed by atoms with van der Waals surface area (Å²) in [6, 6.07) is 3.51. The van der Waals surface area contributed by atoms with Crippen molar-refractivity contribution in [2.24, 2.45) is 0 Å². The third-order valence-corrected chi connectivity index (χ3v) is 2.41. The number of ether oxygens (including phenoxy) is 1. The van der Waals surface area contributed by atoms with E-state index in [1.54, 1.807) is 26.8 Å². The number of pyridine rings is 1. The Kier molecular flexibility index (Phi) is 6.02. The molecule has 0 spiro atoms. The van der Waals surface area contributed by atoms with Gasteiger partial charge in [0.25, 0.3) is 0 Å². The second-order valence-electron chi connectivity index (χ2n) is 5.15. The largest absolute Gasteiger partial charge is 0.444 e. The topological polar surface area (TPSA) is 75.0 Å². The van der Waals surface area contributed by atoms with Crippen molar-refractivity contribution in [3.63, 3.8) is 0 Å². The molecule has 6 heteroatoms. The van der Waals surface area contributed by atoms with Gasteiger partial charge in [-0.1, -0.05) is 23.4 Å². The lowest BCUT2D eigenvalue weighted by Crippen LogP contribution is -2.32. The summed E-state index contributed by atoms with van der Waals surface area (Å²) in [5.74, 6) is 5.73. The van der Waals surface area contributed by atoms with Crippen molar-refractivity contribution in [2.45, 2.75) is 32.8 Å². The molecule has 0 bridgehead atoms. The van der Waals surface area contributed by atoms with Crippen molar-refractivity contribution in [1.82, 2.24) is 10.3 Å². The van der Waals surface area contributed by atoms with Crippen molar-refractivity contribution in [3.05, 3.63) is 28.5 Å². The van der Waals surface area contributed by atoms with Crippen LogP contribution in [0.5, 0.6) is 0 Å². The quantitative estimate of drug-likeness (QED) is 0.518. The molecule has 0 radical (unpaired) electrons. The molecule has 110 valence electrons. The highest BCUT2D eigenvalue weighted by Crippen LogP contribution is 2.12. The fourth-order valence-corrected chi connectivity index (χ4v) is 1.45. The summed E-state index contributed by atoms with van der Waals surface area (Å²) < 4.78 is 5.09. The molecular weight excluding hydrogens is 290 g/mol. The molecule has 1 aromatic heterocycles. The Morgan fingerprint density at radius 1 is 1.52 bits per heavy atom. The van der Waals surface area contributed by atoms with E-state index in [0.29, 0.717) is 18.5 Å². The van der Waals surface area contributed by atoms with Crippen LogP contribution in [0.15, 0.2) is 12.3 Å². The summed E-state index contributed by atoms with van der Waals surface area (Å²) in [6.07, 6.45) is 1.49. The Morgan fingerprint density at radius 3 is 2.86 bits per heavy atom. The number of hydrogen-bond acceptors (Lipinski definition) is 4. The van der Waals surface area contributed by atoms with Gasteiger partial charge in [-0.3, -0.25) is 0 Å². The lowest BCUT2D eigenvalue weighted by molar-refractivity contribution is 0.0529. The first-order chi connectivity index (χ1) is 9.81. The zero-order valence-corrected chi connectivity index (χ0v) is 12.9. The van der Waals surface area contributed by atoms with Crippen LogP contribution < -0.4 is 5.32 Å². The Labute approximate surface area is 129 Å². The standard InChI is InChI=1S/C15H16ClN3O2/c1-15(2,3)21-14(20)18-7-5-4-6-11-8-12(9-17)13(16)19-10-11/h8,10H,5,7H2,1-3H3,(H,18,20). The molecule has 0 atom stereocenters. The average Bonchev–Trinajstić information content (AvgIpc) is 2.38. The van der Waals surface area contributed by atoms with Crippen molar-refractivity contribution < 1.29 is 9.53 Å². The summed E-state index contributed by atoms with van der Waals surface area (Å²) in [5.41, 5.74) is 0.377. The number of amides is 1. The van der Waals surface area contributed by atoms with Crippen molar-refractivity contribution in [2.75, 3.05) is 6.54 Å². The van der Waals surface area contributed by atoms with Crippen LogP contribution >= 0.6 is 11.6 Å². The van der Waals surface area contributed by atoms with Crippen molar-refractivity contribution in [1.29, 1.82) is 5.26 Å². The van der Waals surface area contributed by atoms with Crippen LogP contribution in [0.2, 0.25) is 5.15 Å². The maximum atomic E-state index is 11.4. The number of alkyl carbamates (subject to hydrolysis) is 1. The highest BCUT2D eigenvalue weighted by Gasteiger charge is 2.15. The number of nitrogens with zero attached hydrogens (tertiary/aromatic N) is 2. The Hall–Kier alpha value is -2.24. The maximum Gasteiger partial charge on any atom is 0.407 e. The minimum Gasteiger partial charge on any atom is -0.444 e. The molecule has 1 rings (SSSR count). The Balaban J connectivity index is 2.44. The van der Waals surface area contributed by atoms with Crippen LogP contribution in [0.1, 0.15) is 38.3 Å². The molecule has 1 amide bonds. The molecule has 0 aliphatic carbocycles. The Morgan fingerprint density at radius 2 is 2.24 bits per heavy atom. The van der Waals surface area contributed by atoms with Gasteiger partial charge in [0.2, 0.25) is 0 Å². The van der Waals surface area contributed by atoms with Gasteiger partial charge in [0.15, 0.2) is 0 Å². The normalized spacial score (nSPS) is 10.0. The molecule has 0 aliphatic heterocycles. The summed E-state index contributed by atoms with van der Waals surface area (Å²) in [5, 5.41) is 11.6. The van der Waals surface area contributed by atoms with Gasteiger partial charge in [-0.05, 0) is 26.8 Å². The number of nitriles is 1. The fraction of sp³-hybridized carbons (Fsp3) is 0.400. The third-order valence-electron chi connectivity index (χ3n) is 2.11. The van der Waals surface area contributed by atoms with Gasteiger partial charge in [0.1, 0.15) is 16.8 Å². The highest BCUT2D eigenvalue weighted by atomic mass is 35.5. The number of halogens is 1. The molecule has 5 nitrogen and oxygen atoms in total. The van der Waals surface area contributed by atoms with Crippen LogP contribution in [0.3, 0.4) is 0 Å². The molecule has 0 saturated heterocycles. The van der Waals surface area contributed by atoms with Crippen LogP contribution in [0.25, 0.3) is 0 Å². The predicted octanol–water partition coefficient (Wildman–Crippen LogP) is 2.87. The van der Waals surface area contributed by atoms with Gasteiger partial charge in [0.05, 0.1) is 5.56 Å². The third kappa shape index (κ3) is 6.65. The van der Waals surface area contributed by atoms with Crippen LogP contribution in [-0.2, 0) is 4.74 Å². The smallest absolute Gasteiger partial charge is 0.407 e. The molecular formula is C15H16ClN3O2. The first-order valence-corrected chi connectivity index (χ1v) is 6.71. The Bertz CT molecular complexity index is 619. The van der Waals surface area contributed by atoms with E-state index in [1.165, 1.54) is 6.20 Å². The molecule has 0 aliphatic rings. The fourth-order valence-electron chi connectivity index (χ4n) is 1.30.